The van der Waals surface area contributed by atoms with Crippen LogP contribution in [0.4, 0.5) is 0 Å². The van der Waals surface area contributed by atoms with E-state index in [1.807, 2.05) is 13.1 Å². The van der Waals surface area contributed by atoms with Crippen molar-refractivity contribution in [1.29, 1.82) is 0 Å². The van der Waals surface area contributed by atoms with E-state index in [-0.39, 0.29) is 6.04 Å². The van der Waals surface area contributed by atoms with E-state index >= 15 is 0 Å². The van der Waals surface area contributed by atoms with Crippen LogP contribution in [0.1, 0.15) is 38.8 Å². The van der Waals surface area contributed by atoms with Crippen LogP contribution in [-0.4, -0.2) is 44.1 Å². The van der Waals surface area contributed by atoms with Crippen LogP contribution in [0.3, 0.4) is 0 Å². The van der Waals surface area contributed by atoms with Crippen molar-refractivity contribution in [2.75, 3.05) is 33.2 Å². The van der Waals surface area contributed by atoms with Crippen LogP contribution in [0.25, 0.3) is 0 Å². The van der Waals surface area contributed by atoms with Crippen LogP contribution in [0.15, 0.2) is 35.3 Å². The Balaban J connectivity index is 2.32. The van der Waals surface area contributed by atoms with Crippen molar-refractivity contribution in [2.24, 2.45) is 4.99 Å². The third-order valence-corrected chi connectivity index (χ3v) is 3.71. The van der Waals surface area contributed by atoms with Gasteiger partial charge in [0.15, 0.2) is 5.96 Å². The van der Waals surface area contributed by atoms with Crippen LogP contribution >= 0.6 is 0 Å². The zero-order valence-electron chi connectivity index (χ0n) is 13.9. The van der Waals surface area contributed by atoms with Crippen LogP contribution in [0.2, 0.25) is 0 Å². The van der Waals surface area contributed by atoms with Gasteiger partial charge in [-0.2, -0.15) is 0 Å². The number of nitrogens with zero attached hydrogens (tertiary/aromatic N) is 2. The van der Waals surface area contributed by atoms with Crippen molar-refractivity contribution >= 4 is 5.96 Å². The maximum atomic E-state index is 4.29. The van der Waals surface area contributed by atoms with E-state index in [0.29, 0.717) is 0 Å². The molecule has 0 aliphatic rings. The monoisotopic (exact) mass is 290 g/mol. The Morgan fingerprint density at radius 1 is 1.19 bits per heavy atom. The Morgan fingerprint density at radius 3 is 2.43 bits per heavy atom. The van der Waals surface area contributed by atoms with Gasteiger partial charge in [-0.25, -0.2) is 0 Å². The Kier molecular flexibility index (Phi) is 8.51. The lowest BCUT2D eigenvalue weighted by Crippen LogP contribution is -2.40. The Bertz CT molecular complexity index is 399. The molecule has 0 spiro atoms. The molecule has 0 saturated carbocycles. The molecule has 0 bridgehead atoms. The smallest absolute Gasteiger partial charge is 0.191 e. The topological polar surface area (TPSA) is 39.7 Å². The average Bonchev–Trinajstić information content (AvgIpc) is 2.54. The van der Waals surface area contributed by atoms with E-state index in [1.165, 1.54) is 5.56 Å². The molecule has 0 amide bonds. The number of hydrogen-bond acceptors (Lipinski definition) is 2. The zero-order chi connectivity index (χ0) is 15.5. The van der Waals surface area contributed by atoms with E-state index in [2.05, 4.69) is 65.6 Å². The SMILES string of the molecule is CCN(CC)CCCNC(=NC)NC(C)c1ccccc1. The largest absolute Gasteiger partial charge is 0.356 e. The molecule has 1 unspecified atom stereocenters. The third-order valence-electron chi connectivity index (χ3n) is 3.71. The average molecular weight is 290 g/mol. The molecular formula is C17H30N4. The first-order valence-electron chi connectivity index (χ1n) is 7.95. The second kappa shape index (κ2) is 10.2. The number of benzene rings is 1. The van der Waals surface area contributed by atoms with E-state index < -0.39 is 0 Å². The minimum Gasteiger partial charge on any atom is -0.356 e. The van der Waals surface area contributed by atoms with Crippen LogP contribution in [0.5, 0.6) is 0 Å². The van der Waals surface area contributed by atoms with Gasteiger partial charge in [0.25, 0.3) is 0 Å². The van der Waals surface area contributed by atoms with Gasteiger partial charge in [-0.15, -0.1) is 0 Å². The quantitative estimate of drug-likeness (QED) is 0.439. The summed E-state index contributed by atoms with van der Waals surface area (Å²) >= 11 is 0. The molecule has 0 fully saturated rings. The molecule has 1 rings (SSSR count). The molecule has 0 aliphatic carbocycles. The summed E-state index contributed by atoms with van der Waals surface area (Å²) in [6.45, 7) is 10.9. The van der Waals surface area contributed by atoms with Crippen LogP contribution in [0, 0.1) is 0 Å². The summed E-state index contributed by atoms with van der Waals surface area (Å²) in [6.07, 6.45) is 1.13. The molecule has 1 aromatic rings. The van der Waals surface area contributed by atoms with Gasteiger partial charge in [-0.1, -0.05) is 44.2 Å². The van der Waals surface area contributed by atoms with Crippen LogP contribution < -0.4 is 10.6 Å². The maximum Gasteiger partial charge on any atom is 0.191 e. The lowest BCUT2D eigenvalue weighted by molar-refractivity contribution is 0.300. The third kappa shape index (κ3) is 6.63. The molecule has 0 radical (unpaired) electrons. The van der Waals surface area contributed by atoms with Gasteiger partial charge in [0, 0.05) is 13.6 Å². The molecule has 4 heteroatoms. The van der Waals surface area contributed by atoms with Gasteiger partial charge >= 0.3 is 0 Å². The van der Waals surface area contributed by atoms with E-state index in [1.54, 1.807) is 0 Å². The summed E-state index contributed by atoms with van der Waals surface area (Å²) in [6, 6.07) is 10.7. The molecular weight excluding hydrogens is 260 g/mol. The first-order valence-corrected chi connectivity index (χ1v) is 7.95. The van der Waals surface area contributed by atoms with E-state index in [4.69, 9.17) is 0 Å². The van der Waals surface area contributed by atoms with Crippen molar-refractivity contribution in [3.8, 4) is 0 Å². The number of guanidine groups is 1. The van der Waals surface area contributed by atoms with Gasteiger partial charge in [-0.3, -0.25) is 4.99 Å². The highest BCUT2D eigenvalue weighted by molar-refractivity contribution is 5.80. The Morgan fingerprint density at radius 2 is 1.86 bits per heavy atom. The number of aliphatic imine (C=N–C) groups is 1. The second-order valence-corrected chi connectivity index (χ2v) is 5.16. The molecule has 1 aromatic carbocycles. The van der Waals surface area contributed by atoms with Crippen molar-refractivity contribution in [3.63, 3.8) is 0 Å². The summed E-state index contributed by atoms with van der Waals surface area (Å²) < 4.78 is 0. The minimum absolute atomic E-state index is 0.250. The van der Waals surface area contributed by atoms with Gasteiger partial charge < -0.3 is 15.5 Å². The summed E-state index contributed by atoms with van der Waals surface area (Å²) in [5.74, 6) is 0.867. The Labute approximate surface area is 129 Å². The summed E-state index contributed by atoms with van der Waals surface area (Å²) in [4.78, 5) is 6.73. The first-order chi connectivity index (χ1) is 10.2. The van der Waals surface area contributed by atoms with Gasteiger partial charge in [0.2, 0.25) is 0 Å². The van der Waals surface area contributed by atoms with Crippen molar-refractivity contribution in [3.05, 3.63) is 35.9 Å². The van der Waals surface area contributed by atoms with Crippen LogP contribution in [-0.2, 0) is 0 Å². The van der Waals surface area contributed by atoms with Crippen molar-refractivity contribution in [2.45, 2.75) is 33.2 Å². The highest BCUT2D eigenvalue weighted by atomic mass is 15.2. The molecule has 0 aliphatic heterocycles. The van der Waals surface area contributed by atoms with Gasteiger partial charge in [0.05, 0.1) is 6.04 Å². The Hall–Kier alpha value is -1.55. The molecule has 4 nitrogen and oxygen atoms in total. The zero-order valence-corrected chi connectivity index (χ0v) is 13.9. The molecule has 2 N–H and O–H groups in total. The minimum atomic E-state index is 0.250. The van der Waals surface area contributed by atoms with E-state index in [0.717, 1.165) is 38.6 Å². The fourth-order valence-electron chi connectivity index (χ4n) is 2.27. The number of nitrogens with one attached hydrogen (secondary N) is 2. The first kappa shape index (κ1) is 17.5. The fraction of sp³-hybridized carbons (Fsp3) is 0.588. The molecule has 0 saturated heterocycles. The maximum absolute atomic E-state index is 4.29. The summed E-state index contributed by atoms with van der Waals surface area (Å²) in [7, 11) is 1.82. The van der Waals surface area contributed by atoms with Gasteiger partial charge in [0.1, 0.15) is 0 Å². The number of hydrogen-bond donors (Lipinski definition) is 2. The van der Waals surface area contributed by atoms with Crippen molar-refractivity contribution < 1.29 is 0 Å². The normalized spacial score (nSPS) is 13.3. The molecule has 0 aromatic heterocycles. The molecule has 0 heterocycles. The predicted octanol–water partition coefficient (Wildman–Crippen LogP) is 2.64. The summed E-state index contributed by atoms with van der Waals surface area (Å²) in [5.41, 5.74) is 1.27. The lowest BCUT2D eigenvalue weighted by atomic mass is 10.1. The summed E-state index contributed by atoms with van der Waals surface area (Å²) in [5, 5.41) is 6.81. The molecule has 21 heavy (non-hydrogen) atoms. The highest BCUT2D eigenvalue weighted by Gasteiger charge is 2.06. The number of rotatable bonds is 8. The molecule has 118 valence electrons. The second-order valence-electron chi connectivity index (χ2n) is 5.16. The molecule has 1 atom stereocenters. The predicted molar refractivity (Wildman–Crippen MR) is 91.8 cm³/mol. The van der Waals surface area contributed by atoms with E-state index in [9.17, 15) is 0 Å². The highest BCUT2D eigenvalue weighted by Crippen LogP contribution is 2.10. The van der Waals surface area contributed by atoms with Crippen molar-refractivity contribution in [1.82, 2.24) is 15.5 Å². The lowest BCUT2D eigenvalue weighted by Gasteiger charge is -2.20. The fourth-order valence-corrected chi connectivity index (χ4v) is 2.27. The van der Waals surface area contributed by atoms with Gasteiger partial charge in [-0.05, 0) is 38.5 Å². The standard InChI is InChI=1S/C17H30N4/c1-5-21(6-2)14-10-13-19-17(18-4)20-15(3)16-11-8-7-9-12-16/h7-9,11-12,15H,5-6,10,13-14H2,1-4H3,(H2,18,19,20).